The summed E-state index contributed by atoms with van der Waals surface area (Å²) in [4.78, 5) is 4.13. The van der Waals surface area contributed by atoms with Gasteiger partial charge in [0.1, 0.15) is 4.21 Å². The van der Waals surface area contributed by atoms with Crippen molar-refractivity contribution in [1.82, 2.24) is 9.29 Å². The van der Waals surface area contributed by atoms with Crippen LogP contribution in [-0.4, -0.2) is 30.8 Å². The van der Waals surface area contributed by atoms with Crippen LogP contribution in [0.4, 0.5) is 0 Å². The summed E-state index contributed by atoms with van der Waals surface area (Å²) in [6, 6.07) is 7.46. The number of aromatic nitrogens is 1. The molecule has 0 saturated carbocycles. The first-order valence-corrected chi connectivity index (χ1v) is 9.41. The summed E-state index contributed by atoms with van der Waals surface area (Å²) >= 11 is 1.29. The van der Waals surface area contributed by atoms with Crippen molar-refractivity contribution in [3.63, 3.8) is 0 Å². The Kier molecular flexibility index (Phi) is 4.37. The second-order valence-electron chi connectivity index (χ2n) is 5.37. The molecule has 1 aliphatic heterocycles. The molecule has 0 radical (unpaired) electrons. The van der Waals surface area contributed by atoms with E-state index >= 15 is 0 Å². The van der Waals surface area contributed by atoms with Crippen molar-refractivity contribution < 1.29 is 8.42 Å². The van der Waals surface area contributed by atoms with Crippen molar-refractivity contribution in [1.29, 1.82) is 0 Å². The van der Waals surface area contributed by atoms with Crippen molar-refractivity contribution in [3.8, 4) is 0 Å². The van der Waals surface area contributed by atoms with Crippen molar-refractivity contribution in [2.24, 2.45) is 5.92 Å². The molecule has 1 saturated heterocycles. The number of sulfonamides is 1. The normalized spacial score (nSPS) is 20.5. The van der Waals surface area contributed by atoms with Crippen LogP contribution in [0.2, 0.25) is 0 Å². The summed E-state index contributed by atoms with van der Waals surface area (Å²) in [5, 5.41) is 1.81. The zero-order valence-electron chi connectivity index (χ0n) is 11.7. The van der Waals surface area contributed by atoms with E-state index < -0.39 is 10.0 Å². The fraction of sp³-hybridized carbons (Fsp3) is 0.400. The summed E-state index contributed by atoms with van der Waals surface area (Å²) in [6.45, 7) is 1.24. The molecule has 4 nitrogen and oxygen atoms in total. The number of thiophene rings is 1. The third-order valence-corrected chi connectivity index (χ3v) is 7.06. The molecule has 21 heavy (non-hydrogen) atoms. The zero-order valence-corrected chi connectivity index (χ0v) is 13.3. The van der Waals surface area contributed by atoms with E-state index in [1.165, 1.54) is 16.9 Å². The first-order chi connectivity index (χ1) is 10.2. The third-order valence-electron chi connectivity index (χ3n) is 3.82. The van der Waals surface area contributed by atoms with E-state index in [9.17, 15) is 8.42 Å². The van der Waals surface area contributed by atoms with Crippen LogP contribution in [0.5, 0.6) is 0 Å². The van der Waals surface area contributed by atoms with Gasteiger partial charge in [0.2, 0.25) is 0 Å². The van der Waals surface area contributed by atoms with Crippen molar-refractivity contribution in [2.75, 3.05) is 13.1 Å². The van der Waals surface area contributed by atoms with Crippen LogP contribution in [0.1, 0.15) is 18.4 Å². The van der Waals surface area contributed by atoms with E-state index in [0.717, 1.165) is 19.3 Å². The van der Waals surface area contributed by atoms with Crippen LogP contribution in [-0.2, 0) is 16.4 Å². The van der Waals surface area contributed by atoms with E-state index in [2.05, 4.69) is 11.1 Å². The number of rotatable bonds is 4. The molecular formula is C15H18N2O2S2. The fourth-order valence-corrected chi connectivity index (χ4v) is 5.50. The predicted octanol–water partition coefficient (Wildman–Crippen LogP) is 2.79. The Balaban J connectivity index is 1.71. The first-order valence-electron chi connectivity index (χ1n) is 7.09. The molecule has 0 aliphatic carbocycles. The summed E-state index contributed by atoms with van der Waals surface area (Å²) in [5.41, 5.74) is 1.18. The Bertz CT molecular complexity index is 669. The molecule has 0 unspecified atom stereocenters. The van der Waals surface area contributed by atoms with E-state index in [-0.39, 0.29) is 0 Å². The molecular weight excluding hydrogens is 304 g/mol. The quantitative estimate of drug-likeness (QED) is 0.870. The molecule has 2 aromatic heterocycles. The lowest BCUT2D eigenvalue weighted by molar-refractivity contribution is 0.265. The molecule has 112 valence electrons. The molecule has 0 spiro atoms. The van der Waals surface area contributed by atoms with Crippen LogP contribution in [0, 0.1) is 5.92 Å². The van der Waals surface area contributed by atoms with E-state index in [0.29, 0.717) is 23.2 Å². The maximum atomic E-state index is 12.6. The maximum Gasteiger partial charge on any atom is 0.252 e. The molecule has 3 rings (SSSR count). The van der Waals surface area contributed by atoms with Gasteiger partial charge in [-0.3, -0.25) is 4.98 Å². The summed E-state index contributed by atoms with van der Waals surface area (Å²) < 4.78 is 27.2. The molecule has 3 heterocycles. The largest absolute Gasteiger partial charge is 0.264 e. The number of nitrogens with zero attached hydrogens (tertiary/aromatic N) is 2. The molecule has 6 heteroatoms. The van der Waals surface area contributed by atoms with Gasteiger partial charge in [-0.15, -0.1) is 11.3 Å². The van der Waals surface area contributed by atoms with Gasteiger partial charge in [-0.25, -0.2) is 8.42 Å². The third kappa shape index (κ3) is 3.33. The molecule has 0 amide bonds. The smallest absolute Gasteiger partial charge is 0.252 e. The van der Waals surface area contributed by atoms with E-state index in [4.69, 9.17) is 0 Å². The number of hydrogen-bond acceptors (Lipinski definition) is 4. The second-order valence-corrected chi connectivity index (χ2v) is 8.48. The molecule has 0 aromatic carbocycles. The second kappa shape index (κ2) is 6.25. The highest BCUT2D eigenvalue weighted by molar-refractivity contribution is 7.91. The van der Waals surface area contributed by atoms with Gasteiger partial charge in [-0.1, -0.05) is 12.1 Å². The molecule has 2 aromatic rings. The lowest BCUT2D eigenvalue weighted by Gasteiger charge is -2.31. The minimum atomic E-state index is -3.31. The van der Waals surface area contributed by atoms with Gasteiger partial charge in [0, 0.05) is 25.5 Å². The summed E-state index contributed by atoms with van der Waals surface area (Å²) in [7, 11) is -3.31. The Morgan fingerprint density at radius 3 is 2.95 bits per heavy atom. The highest BCUT2D eigenvalue weighted by atomic mass is 32.2. The Morgan fingerprint density at radius 1 is 1.33 bits per heavy atom. The van der Waals surface area contributed by atoms with Crippen LogP contribution in [0.15, 0.2) is 46.2 Å². The van der Waals surface area contributed by atoms with Crippen molar-refractivity contribution >= 4 is 21.4 Å². The molecule has 1 aliphatic rings. The lowest BCUT2D eigenvalue weighted by atomic mass is 9.93. The lowest BCUT2D eigenvalue weighted by Crippen LogP contribution is -2.40. The van der Waals surface area contributed by atoms with Gasteiger partial charge in [-0.05, 0) is 48.3 Å². The van der Waals surface area contributed by atoms with Gasteiger partial charge in [0.05, 0.1) is 0 Å². The molecule has 1 fully saturated rings. The van der Waals surface area contributed by atoms with Crippen LogP contribution < -0.4 is 0 Å². The van der Waals surface area contributed by atoms with Gasteiger partial charge in [-0.2, -0.15) is 4.31 Å². The Labute approximate surface area is 129 Å². The molecule has 0 N–H and O–H groups in total. The average molecular weight is 322 g/mol. The average Bonchev–Trinajstić information content (AvgIpc) is 3.04. The van der Waals surface area contributed by atoms with Gasteiger partial charge in [0.15, 0.2) is 0 Å². The Morgan fingerprint density at radius 2 is 2.24 bits per heavy atom. The molecule has 1 atom stereocenters. The van der Waals surface area contributed by atoms with E-state index in [1.807, 2.05) is 17.6 Å². The van der Waals surface area contributed by atoms with Crippen molar-refractivity contribution in [3.05, 3.63) is 47.6 Å². The minimum Gasteiger partial charge on any atom is -0.264 e. The van der Waals surface area contributed by atoms with Gasteiger partial charge in [0.25, 0.3) is 10.0 Å². The molecule has 0 bridgehead atoms. The van der Waals surface area contributed by atoms with Crippen molar-refractivity contribution in [2.45, 2.75) is 23.5 Å². The standard InChI is InChI=1S/C15H18N2O2S2/c18-21(19,15-6-3-9-20-15)17-8-2-5-14(12-17)10-13-4-1-7-16-11-13/h1,3-4,6-7,9,11,14H,2,5,8,10,12H2/t14-/m1/s1. The summed E-state index contributed by atoms with van der Waals surface area (Å²) in [5.74, 6) is 0.373. The zero-order chi connectivity index (χ0) is 14.7. The fourth-order valence-electron chi connectivity index (χ4n) is 2.80. The maximum absolute atomic E-state index is 12.6. The minimum absolute atomic E-state index is 0.373. The SMILES string of the molecule is O=S(=O)(c1cccs1)N1CCC[C@H](Cc2cccnc2)C1. The predicted molar refractivity (Wildman–Crippen MR) is 83.7 cm³/mol. The Hall–Kier alpha value is -1.24. The highest BCUT2D eigenvalue weighted by Gasteiger charge is 2.30. The highest BCUT2D eigenvalue weighted by Crippen LogP contribution is 2.27. The first kappa shape index (κ1) is 14.7. The number of hydrogen-bond donors (Lipinski definition) is 0. The van der Waals surface area contributed by atoms with Crippen LogP contribution in [0.3, 0.4) is 0 Å². The van der Waals surface area contributed by atoms with Crippen LogP contribution in [0.25, 0.3) is 0 Å². The van der Waals surface area contributed by atoms with Gasteiger partial charge >= 0.3 is 0 Å². The van der Waals surface area contributed by atoms with Gasteiger partial charge < -0.3 is 0 Å². The monoisotopic (exact) mass is 322 g/mol. The number of piperidine rings is 1. The van der Waals surface area contributed by atoms with E-state index in [1.54, 1.807) is 22.6 Å². The topological polar surface area (TPSA) is 50.3 Å². The van der Waals surface area contributed by atoms with Crippen LogP contribution >= 0.6 is 11.3 Å². The summed E-state index contributed by atoms with van der Waals surface area (Å²) in [6.07, 6.45) is 6.52. The number of pyridine rings is 1.